The minimum absolute atomic E-state index is 0.142. The summed E-state index contributed by atoms with van der Waals surface area (Å²) in [5, 5.41) is 6.05. The van der Waals surface area contributed by atoms with E-state index >= 15 is 0 Å². The van der Waals surface area contributed by atoms with E-state index in [2.05, 4.69) is 10.6 Å². The van der Waals surface area contributed by atoms with Gasteiger partial charge in [-0.2, -0.15) is 0 Å². The Morgan fingerprint density at radius 3 is 2.50 bits per heavy atom. The van der Waals surface area contributed by atoms with Crippen LogP contribution in [-0.2, 0) is 9.59 Å². The minimum atomic E-state index is -0.703. The predicted octanol–water partition coefficient (Wildman–Crippen LogP) is 2.01. The molecule has 20 heavy (non-hydrogen) atoms. The fourth-order valence-corrected chi connectivity index (χ4v) is 1.84. The zero-order valence-electron chi connectivity index (χ0n) is 11.2. The van der Waals surface area contributed by atoms with Crippen LogP contribution in [-0.4, -0.2) is 31.0 Å². The van der Waals surface area contributed by atoms with Crippen LogP contribution >= 0.6 is 23.2 Å². The zero-order valence-corrected chi connectivity index (χ0v) is 12.7. The van der Waals surface area contributed by atoms with Gasteiger partial charge in [-0.25, -0.2) is 0 Å². The highest BCUT2D eigenvalue weighted by Gasteiger charge is 2.15. The fourth-order valence-electron chi connectivity index (χ4n) is 1.38. The SMILES string of the molecule is CC(=O)NCCNC(=O)C(C)Oc1ccc(Cl)cc1Cl. The first-order valence-electron chi connectivity index (χ1n) is 6.04. The molecular weight excluding hydrogens is 303 g/mol. The van der Waals surface area contributed by atoms with Crippen molar-refractivity contribution in [1.82, 2.24) is 10.6 Å². The minimum Gasteiger partial charge on any atom is -0.479 e. The Labute approximate surface area is 127 Å². The molecule has 2 N–H and O–H groups in total. The van der Waals surface area contributed by atoms with Crippen molar-refractivity contribution in [3.63, 3.8) is 0 Å². The van der Waals surface area contributed by atoms with Crippen molar-refractivity contribution in [2.45, 2.75) is 20.0 Å². The van der Waals surface area contributed by atoms with E-state index in [9.17, 15) is 9.59 Å². The fraction of sp³-hybridized carbons (Fsp3) is 0.385. The molecule has 0 aliphatic rings. The third kappa shape index (κ3) is 5.67. The molecule has 0 bridgehead atoms. The molecule has 0 fully saturated rings. The van der Waals surface area contributed by atoms with Crippen LogP contribution in [0, 0.1) is 0 Å². The van der Waals surface area contributed by atoms with E-state index in [-0.39, 0.29) is 11.8 Å². The summed E-state index contributed by atoms with van der Waals surface area (Å²) in [5.74, 6) is -0.0431. The summed E-state index contributed by atoms with van der Waals surface area (Å²) >= 11 is 11.7. The van der Waals surface area contributed by atoms with Crippen molar-refractivity contribution >= 4 is 35.0 Å². The van der Waals surface area contributed by atoms with E-state index in [4.69, 9.17) is 27.9 Å². The molecule has 1 aromatic rings. The largest absolute Gasteiger partial charge is 0.479 e. The van der Waals surface area contributed by atoms with E-state index in [1.807, 2.05) is 0 Å². The maximum Gasteiger partial charge on any atom is 0.260 e. The molecule has 0 aliphatic carbocycles. The lowest BCUT2D eigenvalue weighted by molar-refractivity contribution is -0.127. The average molecular weight is 319 g/mol. The summed E-state index contributed by atoms with van der Waals surface area (Å²) in [7, 11) is 0. The number of hydrogen-bond acceptors (Lipinski definition) is 3. The summed E-state index contributed by atoms with van der Waals surface area (Å²) in [4.78, 5) is 22.4. The molecule has 0 spiro atoms. The van der Waals surface area contributed by atoms with Crippen molar-refractivity contribution in [2.75, 3.05) is 13.1 Å². The van der Waals surface area contributed by atoms with Gasteiger partial charge in [-0.1, -0.05) is 23.2 Å². The Bertz CT molecular complexity index is 495. The van der Waals surface area contributed by atoms with E-state index in [1.54, 1.807) is 25.1 Å². The molecule has 0 aliphatic heterocycles. The predicted molar refractivity (Wildman–Crippen MR) is 78.2 cm³/mol. The van der Waals surface area contributed by atoms with Gasteiger partial charge in [0.2, 0.25) is 5.91 Å². The highest BCUT2D eigenvalue weighted by atomic mass is 35.5. The first-order valence-corrected chi connectivity index (χ1v) is 6.79. The number of carbonyl (C=O) groups is 2. The number of halogens is 2. The summed E-state index contributed by atoms with van der Waals surface area (Å²) in [6.45, 7) is 3.73. The maximum absolute atomic E-state index is 11.8. The topological polar surface area (TPSA) is 67.4 Å². The van der Waals surface area contributed by atoms with Gasteiger partial charge in [0.25, 0.3) is 5.91 Å². The van der Waals surface area contributed by atoms with Crippen LogP contribution in [0.5, 0.6) is 5.75 Å². The van der Waals surface area contributed by atoms with Crippen molar-refractivity contribution in [3.05, 3.63) is 28.2 Å². The number of amides is 2. The van der Waals surface area contributed by atoms with E-state index in [0.29, 0.717) is 28.9 Å². The van der Waals surface area contributed by atoms with E-state index in [0.717, 1.165) is 0 Å². The molecule has 1 unspecified atom stereocenters. The molecule has 1 aromatic carbocycles. The number of carbonyl (C=O) groups excluding carboxylic acids is 2. The van der Waals surface area contributed by atoms with Crippen LogP contribution in [0.25, 0.3) is 0 Å². The molecule has 2 amide bonds. The van der Waals surface area contributed by atoms with Gasteiger partial charge >= 0.3 is 0 Å². The molecule has 5 nitrogen and oxygen atoms in total. The molecule has 7 heteroatoms. The molecule has 0 saturated carbocycles. The highest BCUT2D eigenvalue weighted by molar-refractivity contribution is 6.35. The van der Waals surface area contributed by atoms with Gasteiger partial charge in [0, 0.05) is 25.0 Å². The molecular formula is C13H16Cl2N2O3. The van der Waals surface area contributed by atoms with Crippen molar-refractivity contribution in [2.24, 2.45) is 0 Å². The second-order valence-corrected chi connectivity index (χ2v) is 4.95. The van der Waals surface area contributed by atoms with Crippen molar-refractivity contribution < 1.29 is 14.3 Å². The quantitative estimate of drug-likeness (QED) is 0.788. The molecule has 1 rings (SSSR count). The van der Waals surface area contributed by atoms with Crippen molar-refractivity contribution in [1.29, 1.82) is 0 Å². The van der Waals surface area contributed by atoms with Gasteiger partial charge in [0.05, 0.1) is 5.02 Å². The summed E-state index contributed by atoms with van der Waals surface area (Å²) < 4.78 is 5.45. The normalized spacial score (nSPS) is 11.6. The number of rotatable bonds is 6. The maximum atomic E-state index is 11.8. The number of ether oxygens (including phenoxy) is 1. The number of benzene rings is 1. The Morgan fingerprint density at radius 1 is 1.25 bits per heavy atom. The first-order chi connectivity index (χ1) is 9.40. The van der Waals surface area contributed by atoms with Gasteiger partial charge in [0.15, 0.2) is 6.10 Å². The Hall–Kier alpha value is -1.46. The lowest BCUT2D eigenvalue weighted by atomic mass is 10.3. The van der Waals surface area contributed by atoms with Gasteiger partial charge in [-0.15, -0.1) is 0 Å². The number of hydrogen-bond donors (Lipinski definition) is 2. The Kier molecular flexibility index (Phi) is 6.61. The molecule has 0 heterocycles. The molecule has 0 aromatic heterocycles. The first kappa shape index (κ1) is 16.6. The lowest BCUT2D eigenvalue weighted by Gasteiger charge is -2.15. The summed E-state index contributed by atoms with van der Waals surface area (Å²) in [5.41, 5.74) is 0. The third-order valence-corrected chi connectivity index (χ3v) is 2.90. The number of nitrogens with one attached hydrogen (secondary N) is 2. The van der Waals surface area contributed by atoms with Crippen LogP contribution in [0.2, 0.25) is 10.0 Å². The second kappa shape index (κ2) is 7.97. The Morgan fingerprint density at radius 2 is 1.90 bits per heavy atom. The van der Waals surface area contributed by atoms with Gasteiger partial charge in [-0.3, -0.25) is 9.59 Å². The summed E-state index contributed by atoms with van der Waals surface area (Å²) in [6, 6.07) is 4.77. The van der Waals surface area contributed by atoms with Crippen LogP contribution < -0.4 is 15.4 Å². The van der Waals surface area contributed by atoms with Crippen molar-refractivity contribution in [3.8, 4) is 5.75 Å². The van der Waals surface area contributed by atoms with Gasteiger partial charge < -0.3 is 15.4 Å². The standard InChI is InChI=1S/C13H16Cl2N2O3/c1-8(13(19)17-6-5-16-9(2)18)20-12-4-3-10(14)7-11(12)15/h3-4,7-8H,5-6H2,1-2H3,(H,16,18)(H,17,19). The van der Waals surface area contributed by atoms with Crippen LogP contribution in [0.15, 0.2) is 18.2 Å². The molecule has 110 valence electrons. The average Bonchev–Trinajstić information content (AvgIpc) is 2.37. The summed E-state index contributed by atoms with van der Waals surface area (Å²) in [6.07, 6.45) is -0.703. The lowest BCUT2D eigenvalue weighted by Crippen LogP contribution is -2.40. The monoisotopic (exact) mass is 318 g/mol. The third-order valence-electron chi connectivity index (χ3n) is 2.37. The van der Waals surface area contributed by atoms with E-state index in [1.165, 1.54) is 6.92 Å². The van der Waals surface area contributed by atoms with Crippen LogP contribution in [0.1, 0.15) is 13.8 Å². The highest BCUT2D eigenvalue weighted by Crippen LogP contribution is 2.28. The Balaban J connectivity index is 2.43. The van der Waals surface area contributed by atoms with Crippen LogP contribution in [0.4, 0.5) is 0 Å². The molecule has 0 radical (unpaired) electrons. The van der Waals surface area contributed by atoms with E-state index < -0.39 is 6.10 Å². The molecule has 1 atom stereocenters. The van der Waals surface area contributed by atoms with Gasteiger partial charge in [-0.05, 0) is 25.1 Å². The second-order valence-electron chi connectivity index (χ2n) is 4.11. The molecule has 0 saturated heterocycles. The smallest absolute Gasteiger partial charge is 0.260 e. The zero-order chi connectivity index (χ0) is 15.1. The van der Waals surface area contributed by atoms with Gasteiger partial charge in [0.1, 0.15) is 5.75 Å². The van der Waals surface area contributed by atoms with Crippen LogP contribution in [0.3, 0.4) is 0 Å².